The van der Waals surface area contributed by atoms with E-state index in [9.17, 15) is 9.18 Å². The third-order valence-corrected chi connectivity index (χ3v) is 6.66. The topological polar surface area (TPSA) is 125 Å². The molecule has 3 aromatic heterocycles. The second-order valence-electron chi connectivity index (χ2n) is 10.8. The van der Waals surface area contributed by atoms with E-state index in [0.29, 0.717) is 34.6 Å². The van der Waals surface area contributed by atoms with Gasteiger partial charge in [-0.05, 0) is 32.0 Å². The maximum Gasteiger partial charge on any atom is 0.256 e. The zero-order chi connectivity index (χ0) is 27.7. The number of carbonyl (C=O) groups is 1. The second-order valence-corrected chi connectivity index (χ2v) is 10.8. The van der Waals surface area contributed by atoms with Gasteiger partial charge in [0.25, 0.3) is 5.91 Å². The van der Waals surface area contributed by atoms with Crippen molar-refractivity contribution in [2.24, 2.45) is 0 Å². The van der Waals surface area contributed by atoms with E-state index in [1.54, 1.807) is 12.3 Å². The minimum Gasteiger partial charge on any atom is -0.359 e. The molecular weight excluding hydrogens is 501 g/mol. The highest BCUT2D eigenvalue weighted by atomic mass is 19.1. The van der Waals surface area contributed by atoms with Crippen LogP contribution in [0.25, 0.3) is 11.0 Å². The van der Waals surface area contributed by atoms with E-state index >= 15 is 0 Å². The highest BCUT2D eigenvalue weighted by molar-refractivity contribution is 6.04. The molecule has 1 fully saturated rings. The fourth-order valence-corrected chi connectivity index (χ4v) is 4.29. The summed E-state index contributed by atoms with van der Waals surface area (Å²) >= 11 is 0. The third kappa shape index (κ3) is 5.80. The van der Waals surface area contributed by atoms with Gasteiger partial charge >= 0.3 is 0 Å². The van der Waals surface area contributed by atoms with Crippen molar-refractivity contribution in [3.8, 4) is 0 Å². The molecule has 1 aromatic carbocycles. The van der Waals surface area contributed by atoms with Crippen LogP contribution in [0.2, 0.25) is 0 Å². The van der Waals surface area contributed by atoms with E-state index in [-0.39, 0.29) is 22.5 Å². The molecule has 204 valence electrons. The first-order chi connectivity index (χ1) is 18.6. The van der Waals surface area contributed by atoms with Gasteiger partial charge in [-0.3, -0.25) is 9.69 Å². The number of amides is 1. The molecule has 0 unspecified atom stereocenters. The van der Waals surface area contributed by atoms with Crippen LogP contribution in [0.1, 0.15) is 50.7 Å². The third-order valence-electron chi connectivity index (χ3n) is 6.66. The van der Waals surface area contributed by atoms with Crippen molar-refractivity contribution < 1.29 is 13.7 Å². The zero-order valence-electron chi connectivity index (χ0n) is 22.7. The van der Waals surface area contributed by atoms with Gasteiger partial charge in [-0.2, -0.15) is 0 Å². The maximum absolute atomic E-state index is 14.8. The minimum absolute atomic E-state index is 0.0730. The maximum atomic E-state index is 14.8. The number of anilines is 4. The highest BCUT2D eigenvalue weighted by Gasteiger charge is 2.23. The average molecular weight is 534 g/mol. The molecule has 11 nitrogen and oxygen atoms in total. The van der Waals surface area contributed by atoms with Crippen LogP contribution in [0, 0.1) is 5.82 Å². The Morgan fingerprint density at radius 1 is 1.08 bits per heavy atom. The van der Waals surface area contributed by atoms with E-state index in [1.165, 1.54) is 24.5 Å². The second kappa shape index (κ2) is 10.5. The Balaban J connectivity index is 1.37. The van der Waals surface area contributed by atoms with Crippen molar-refractivity contribution in [2.75, 3.05) is 41.7 Å². The van der Waals surface area contributed by atoms with Gasteiger partial charge in [0, 0.05) is 49.3 Å². The normalized spacial score (nSPS) is 14.7. The molecule has 0 atom stereocenters. The number of hydrogen-bond acceptors (Lipinski definition) is 10. The van der Waals surface area contributed by atoms with E-state index in [1.807, 2.05) is 20.8 Å². The van der Waals surface area contributed by atoms with Gasteiger partial charge < -0.3 is 20.1 Å². The first kappa shape index (κ1) is 26.4. The summed E-state index contributed by atoms with van der Waals surface area (Å²) in [5.41, 5.74) is 1.03. The SMILES string of the molecule is CC(C)N1CCN(c2ncc3ncnc(Nc4cc(C(=O)Nc5cc(C(C)(C)C)on5)ccc4F)c3n2)CC1. The summed E-state index contributed by atoms with van der Waals surface area (Å²) in [5, 5.41) is 9.60. The lowest BCUT2D eigenvalue weighted by atomic mass is 9.93. The van der Waals surface area contributed by atoms with Gasteiger partial charge in [0.15, 0.2) is 11.6 Å². The number of benzene rings is 1. The van der Waals surface area contributed by atoms with Crippen molar-refractivity contribution in [1.82, 2.24) is 30.0 Å². The highest BCUT2D eigenvalue weighted by Crippen LogP contribution is 2.27. The molecular formula is C27H32FN9O2. The molecule has 0 saturated carbocycles. The Hall–Kier alpha value is -4.19. The molecule has 1 aliphatic heterocycles. The summed E-state index contributed by atoms with van der Waals surface area (Å²) in [4.78, 5) is 35.2. The molecule has 0 aliphatic carbocycles. The Labute approximate surface area is 225 Å². The van der Waals surface area contributed by atoms with Crippen LogP contribution >= 0.6 is 0 Å². The van der Waals surface area contributed by atoms with Crippen LogP contribution in [-0.4, -0.2) is 68.1 Å². The fourth-order valence-electron chi connectivity index (χ4n) is 4.29. The van der Waals surface area contributed by atoms with Crippen molar-refractivity contribution in [3.05, 3.63) is 53.9 Å². The van der Waals surface area contributed by atoms with Crippen molar-refractivity contribution >= 4 is 40.2 Å². The molecule has 0 radical (unpaired) electrons. The Bertz CT molecular complexity index is 1490. The van der Waals surface area contributed by atoms with E-state index in [4.69, 9.17) is 9.51 Å². The van der Waals surface area contributed by atoms with E-state index in [0.717, 1.165) is 26.2 Å². The van der Waals surface area contributed by atoms with Gasteiger partial charge in [0.2, 0.25) is 5.95 Å². The van der Waals surface area contributed by atoms with Crippen LogP contribution in [0.5, 0.6) is 0 Å². The van der Waals surface area contributed by atoms with E-state index in [2.05, 4.69) is 54.4 Å². The molecule has 4 heterocycles. The first-order valence-electron chi connectivity index (χ1n) is 12.9. The summed E-state index contributed by atoms with van der Waals surface area (Å²) in [7, 11) is 0. The number of aromatic nitrogens is 5. The Morgan fingerprint density at radius 3 is 2.54 bits per heavy atom. The Kier molecular flexibility index (Phi) is 7.13. The van der Waals surface area contributed by atoms with Gasteiger partial charge in [0.05, 0.1) is 11.9 Å². The van der Waals surface area contributed by atoms with Crippen LogP contribution in [0.4, 0.5) is 27.7 Å². The number of halogens is 1. The van der Waals surface area contributed by atoms with Crippen LogP contribution in [0.15, 0.2) is 41.3 Å². The number of fused-ring (bicyclic) bond motifs is 1. The minimum atomic E-state index is -0.547. The molecule has 4 aromatic rings. The van der Waals surface area contributed by atoms with Gasteiger partial charge in [-0.1, -0.05) is 25.9 Å². The number of hydrogen-bond donors (Lipinski definition) is 2. The molecule has 0 spiro atoms. The molecule has 39 heavy (non-hydrogen) atoms. The standard InChI is InChI=1S/C27H32FN9O2/c1-16(2)36-8-10-37(11-9-36)26-29-14-20-23(34-26)24(31-15-30-20)32-19-12-17(6-7-18(19)28)25(38)33-22-13-21(39-35-22)27(3,4)5/h6-7,12-16H,8-11H2,1-5H3,(H,30,31,32)(H,33,35,38). The van der Waals surface area contributed by atoms with Gasteiger partial charge in [-0.15, -0.1) is 0 Å². The molecule has 5 rings (SSSR count). The van der Waals surface area contributed by atoms with Crippen LogP contribution in [0.3, 0.4) is 0 Å². The molecule has 1 saturated heterocycles. The summed E-state index contributed by atoms with van der Waals surface area (Å²) in [6, 6.07) is 6.19. The number of nitrogens with zero attached hydrogens (tertiary/aromatic N) is 7. The monoisotopic (exact) mass is 533 g/mol. The lowest BCUT2D eigenvalue weighted by Gasteiger charge is -2.36. The molecule has 12 heteroatoms. The van der Waals surface area contributed by atoms with Crippen molar-refractivity contribution in [1.29, 1.82) is 0 Å². The smallest absolute Gasteiger partial charge is 0.256 e. The number of carbonyl (C=O) groups excluding carboxylic acids is 1. The summed E-state index contributed by atoms with van der Waals surface area (Å²) < 4.78 is 20.2. The molecule has 2 N–H and O–H groups in total. The fraction of sp³-hybridized carbons (Fsp3) is 0.407. The lowest BCUT2D eigenvalue weighted by molar-refractivity contribution is 0.102. The lowest BCUT2D eigenvalue weighted by Crippen LogP contribution is -2.49. The summed E-state index contributed by atoms with van der Waals surface area (Å²) in [6.45, 7) is 13.8. The number of nitrogens with one attached hydrogen (secondary N) is 2. The quantitative estimate of drug-likeness (QED) is 0.369. The van der Waals surface area contributed by atoms with Crippen LogP contribution in [-0.2, 0) is 5.41 Å². The molecule has 1 aliphatic rings. The predicted octanol–water partition coefficient (Wildman–Crippen LogP) is 4.37. The van der Waals surface area contributed by atoms with Gasteiger partial charge in [-0.25, -0.2) is 24.3 Å². The number of piperazine rings is 1. The largest absolute Gasteiger partial charge is 0.359 e. The average Bonchev–Trinajstić information content (AvgIpc) is 3.39. The molecule has 1 amide bonds. The van der Waals surface area contributed by atoms with Gasteiger partial charge in [0.1, 0.15) is 28.9 Å². The zero-order valence-corrected chi connectivity index (χ0v) is 22.7. The van der Waals surface area contributed by atoms with Crippen molar-refractivity contribution in [3.63, 3.8) is 0 Å². The molecule has 0 bridgehead atoms. The predicted molar refractivity (Wildman–Crippen MR) is 147 cm³/mol. The summed E-state index contributed by atoms with van der Waals surface area (Å²) in [6.07, 6.45) is 3.00. The van der Waals surface area contributed by atoms with E-state index < -0.39 is 11.7 Å². The van der Waals surface area contributed by atoms with Crippen LogP contribution < -0.4 is 15.5 Å². The van der Waals surface area contributed by atoms with Crippen molar-refractivity contribution in [2.45, 2.75) is 46.1 Å². The first-order valence-corrected chi connectivity index (χ1v) is 12.9. The Morgan fingerprint density at radius 2 is 1.85 bits per heavy atom. The number of rotatable bonds is 6. The summed E-state index contributed by atoms with van der Waals surface area (Å²) in [5.74, 6) is 0.798.